The van der Waals surface area contributed by atoms with E-state index in [0.717, 1.165) is 12.0 Å². The van der Waals surface area contributed by atoms with Crippen molar-refractivity contribution >= 4 is 29.5 Å². The first-order valence-corrected chi connectivity index (χ1v) is 15.6. The first kappa shape index (κ1) is 29.9. The van der Waals surface area contributed by atoms with Crippen LogP contribution in [-0.4, -0.2) is 84.3 Å². The van der Waals surface area contributed by atoms with Gasteiger partial charge in [0.15, 0.2) is 0 Å². The molecule has 222 valence electrons. The lowest BCUT2D eigenvalue weighted by Gasteiger charge is -2.45. The second-order valence-corrected chi connectivity index (χ2v) is 16.1. The minimum atomic E-state index is -0.917. The van der Waals surface area contributed by atoms with E-state index in [2.05, 4.69) is 46.8 Å². The maximum absolute atomic E-state index is 14.7. The topological polar surface area (TPSA) is 81.2 Å². The molecule has 0 aliphatic carbocycles. The Bertz CT molecular complexity index is 1270. The number of aliphatic hydroxyl groups excluding tert-OH is 1. The Labute approximate surface area is 249 Å². The Hall–Kier alpha value is -2.58. The molecule has 8 heteroatoms. The molecule has 1 N–H and O–H groups in total. The standard InChI is InChI=1S/C33H45N3O4S/c1-22(20-37)36-26-29(40)35(31(5,6)21-30(2,3)4)18-12-16-33(26)25(28(36)39)24-27(38)34(17-11-15-32(24,7)41-33)19-23-13-9-8-10-14-23/h8-16,22,24-26,37H,17-21H2,1-7H3/t22-,24-,25+,26?,32+,33+/m1/s1. The van der Waals surface area contributed by atoms with Crippen molar-refractivity contribution in [1.82, 2.24) is 14.7 Å². The van der Waals surface area contributed by atoms with Gasteiger partial charge < -0.3 is 19.8 Å². The molecule has 4 heterocycles. The second-order valence-electron chi connectivity index (χ2n) is 14.3. The van der Waals surface area contributed by atoms with Gasteiger partial charge in [0, 0.05) is 29.9 Å². The lowest BCUT2D eigenvalue weighted by Crippen LogP contribution is -2.60. The van der Waals surface area contributed by atoms with Gasteiger partial charge >= 0.3 is 0 Å². The van der Waals surface area contributed by atoms with Gasteiger partial charge in [0.05, 0.1) is 29.2 Å². The van der Waals surface area contributed by atoms with Crippen LogP contribution in [0.25, 0.3) is 0 Å². The number of likely N-dealkylation sites (tertiary alicyclic amines) is 1. The third-order valence-electron chi connectivity index (χ3n) is 9.23. The number of aliphatic hydroxyl groups is 1. The quantitative estimate of drug-likeness (QED) is 0.510. The fourth-order valence-corrected chi connectivity index (χ4v) is 10.1. The lowest BCUT2D eigenvalue weighted by atomic mass is 9.74. The van der Waals surface area contributed by atoms with E-state index in [1.165, 1.54) is 0 Å². The minimum Gasteiger partial charge on any atom is -0.394 e. The first-order chi connectivity index (χ1) is 19.2. The van der Waals surface area contributed by atoms with Crippen LogP contribution < -0.4 is 0 Å². The van der Waals surface area contributed by atoms with Crippen molar-refractivity contribution in [1.29, 1.82) is 0 Å². The average Bonchev–Trinajstić information content (AvgIpc) is 3.16. The van der Waals surface area contributed by atoms with Crippen molar-refractivity contribution in [2.75, 3.05) is 19.7 Å². The molecule has 2 saturated heterocycles. The molecule has 1 aromatic carbocycles. The zero-order valence-electron chi connectivity index (χ0n) is 25.5. The summed E-state index contributed by atoms with van der Waals surface area (Å²) in [5, 5.41) is 10.3. The van der Waals surface area contributed by atoms with Crippen molar-refractivity contribution in [3.8, 4) is 0 Å². The smallest absolute Gasteiger partial charge is 0.247 e. The molecule has 4 aliphatic heterocycles. The highest BCUT2D eigenvalue weighted by Crippen LogP contribution is 2.66. The van der Waals surface area contributed by atoms with E-state index in [-0.39, 0.29) is 29.7 Å². The van der Waals surface area contributed by atoms with Gasteiger partial charge in [-0.1, -0.05) is 75.4 Å². The fourth-order valence-electron chi connectivity index (χ4n) is 7.96. The molecule has 0 aromatic heterocycles. The van der Waals surface area contributed by atoms with E-state index in [1.807, 2.05) is 59.2 Å². The van der Waals surface area contributed by atoms with Gasteiger partial charge in [0.2, 0.25) is 17.7 Å². The van der Waals surface area contributed by atoms with Crippen LogP contribution in [0, 0.1) is 17.3 Å². The summed E-state index contributed by atoms with van der Waals surface area (Å²) in [5.74, 6) is -1.72. The molecule has 0 saturated carbocycles. The van der Waals surface area contributed by atoms with Gasteiger partial charge in [0.1, 0.15) is 6.04 Å². The van der Waals surface area contributed by atoms with Gasteiger partial charge in [-0.3, -0.25) is 14.4 Å². The molecule has 6 atom stereocenters. The molecule has 3 amide bonds. The summed E-state index contributed by atoms with van der Waals surface area (Å²) in [7, 11) is 0. The molecule has 7 nitrogen and oxygen atoms in total. The van der Waals surface area contributed by atoms with E-state index < -0.39 is 39.0 Å². The number of rotatable bonds is 6. The van der Waals surface area contributed by atoms with E-state index in [0.29, 0.717) is 19.6 Å². The fraction of sp³-hybridized carbons (Fsp3) is 0.606. The normalized spacial score (nSPS) is 32.5. The molecular formula is C33H45N3O4S. The number of benzene rings is 1. The van der Waals surface area contributed by atoms with E-state index in [9.17, 15) is 19.5 Å². The molecule has 4 aliphatic rings. The van der Waals surface area contributed by atoms with Gasteiger partial charge in [-0.2, -0.15) is 0 Å². The maximum atomic E-state index is 14.7. The number of carbonyl (C=O) groups excluding carboxylic acids is 3. The SMILES string of the molecule is C[C@H](CO)N1C(=O)[C@@H]2[C@@H]3C(=O)N(Cc4ccccc4)CC=C[C@]3(C)S[C@@]23C=CCN(C(C)(C)CC(C)(C)C)C(=O)C13. The zero-order chi connectivity index (χ0) is 30.0. The summed E-state index contributed by atoms with van der Waals surface area (Å²) in [5.41, 5.74) is 0.567. The molecule has 2 fully saturated rings. The highest BCUT2D eigenvalue weighted by molar-refractivity contribution is 8.02. The van der Waals surface area contributed by atoms with Crippen LogP contribution in [0.4, 0.5) is 0 Å². The van der Waals surface area contributed by atoms with Crippen molar-refractivity contribution < 1.29 is 19.5 Å². The van der Waals surface area contributed by atoms with Gasteiger partial charge in [0.25, 0.3) is 0 Å². The van der Waals surface area contributed by atoms with Crippen molar-refractivity contribution in [2.24, 2.45) is 17.3 Å². The van der Waals surface area contributed by atoms with Crippen LogP contribution in [-0.2, 0) is 20.9 Å². The van der Waals surface area contributed by atoms with E-state index in [1.54, 1.807) is 23.6 Å². The Kier molecular flexibility index (Phi) is 7.51. The summed E-state index contributed by atoms with van der Waals surface area (Å²) >= 11 is 1.59. The monoisotopic (exact) mass is 579 g/mol. The number of carbonyl (C=O) groups is 3. The van der Waals surface area contributed by atoms with Crippen LogP contribution in [0.1, 0.15) is 60.5 Å². The summed E-state index contributed by atoms with van der Waals surface area (Å²) in [6.45, 7) is 15.6. The average molecular weight is 580 g/mol. The lowest BCUT2D eigenvalue weighted by molar-refractivity contribution is -0.149. The molecule has 5 rings (SSSR count). The van der Waals surface area contributed by atoms with Gasteiger partial charge in [-0.25, -0.2) is 0 Å². The number of amides is 3. The number of fused-ring (bicyclic) bond motifs is 2. The van der Waals surface area contributed by atoms with E-state index >= 15 is 0 Å². The van der Waals surface area contributed by atoms with Gasteiger partial charge in [-0.15, -0.1) is 11.8 Å². The molecule has 0 bridgehead atoms. The van der Waals surface area contributed by atoms with Crippen molar-refractivity contribution in [2.45, 2.75) is 88.5 Å². The summed E-state index contributed by atoms with van der Waals surface area (Å²) < 4.78 is -1.57. The summed E-state index contributed by atoms with van der Waals surface area (Å²) in [6.07, 6.45) is 9.01. The maximum Gasteiger partial charge on any atom is 0.247 e. The molecule has 1 aromatic rings. The predicted molar refractivity (Wildman–Crippen MR) is 163 cm³/mol. The summed E-state index contributed by atoms with van der Waals surface area (Å²) in [4.78, 5) is 49.0. The number of thioether (sulfide) groups is 1. The van der Waals surface area contributed by atoms with Gasteiger partial charge in [-0.05, 0) is 45.1 Å². The number of nitrogens with zero attached hydrogens (tertiary/aromatic N) is 3. The summed E-state index contributed by atoms with van der Waals surface area (Å²) in [6, 6.07) is 8.54. The highest BCUT2D eigenvalue weighted by Gasteiger charge is 2.74. The second kappa shape index (κ2) is 10.3. The molecule has 1 unspecified atom stereocenters. The van der Waals surface area contributed by atoms with E-state index in [4.69, 9.17) is 0 Å². The molecule has 41 heavy (non-hydrogen) atoms. The first-order valence-electron chi connectivity index (χ1n) is 14.8. The zero-order valence-corrected chi connectivity index (χ0v) is 26.3. The van der Waals surface area contributed by atoms with Crippen LogP contribution >= 0.6 is 11.8 Å². The Morgan fingerprint density at radius 3 is 2.24 bits per heavy atom. The van der Waals surface area contributed by atoms with Crippen LogP contribution in [0.2, 0.25) is 0 Å². The van der Waals surface area contributed by atoms with Crippen LogP contribution in [0.3, 0.4) is 0 Å². The van der Waals surface area contributed by atoms with Crippen molar-refractivity contribution in [3.63, 3.8) is 0 Å². The largest absolute Gasteiger partial charge is 0.394 e. The molecule has 0 radical (unpaired) electrons. The Balaban J connectivity index is 1.59. The van der Waals surface area contributed by atoms with Crippen molar-refractivity contribution in [3.05, 3.63) is 60.2 Å². The Morgan fingerprint density at radius 2 is 1.61 bits per heavy atom. The molecular weight excluding hydrogens is 534 g/mol. The number of hydrogen-bond acceptors (Lipinski definition) is 5. The predicted octanol–water partition coefficient (Wildman–Crippen LogP) is 4.27. The van der Waals surface area contributed by atoms with Crippen LogP contribution in [0.5, 0.6) is 0 Å². The number of hydrogen-bond donors (Lipinski definition) is 1. The highest BCUT2D eigenvalue weighted by atomic mass is 32.2. The molecule has 1 spiro atoms. The third kappa shape index (κ3) is 4.95. The van der Waals surface area contributed by atoms with Crippen LogP contribution in [0.15, 0.2) is 54.6 Å². The Morgan fingerprint density at radius 1 is 0.951 bits per heavy atom. The minimum absolute atomic E-state index is 0.00814. The third-order valence-corrected chi connectivity index (χ3v) is 11.0.